The average molecular weight is 268 g/mol. The van der Waals surface area contributed by atoms with Crippen molar-refractivity contribution in [2.45, 2.75) is 31.7 Å². The standard InChI is InChI=1S/C16H20N4/c1-2-5-13(6-3-1)7-4-10-17-15-11-16(19-12-18-15)20-14-8-9-14/h1-3,5-6,11-12,14H,4,7-10H2,(H2,17,18,19,20). The highest BCUT2D eigenvalue weighted by Crippen LogP contribution is 2.24. The van der Waals surface area contributed by atoms with Gasteiger partial charge in [-0.05, 0) is 31.2 Å². The lowest BCUT2D eigenvalue weighted by Crippen LogP contribution is -2.07. The van der Waals surface area contributed by atoms with Gasteiger partial charge in [0.25, 0.3) is 0 Å². The van der Waals surface area contributed by atoms with Crippen LogP contribution < -0.4 is 10.6 Å². The van der Waals surface area contributed by atoms with Crippen molar-refractivity contribution in [1.29, 1.82) is 0 Å². The molecule has 0 amide bonds. The van der Waals surface area contributed by atoms with E-state index in [1.807, 2.05) is 6.07 Å². The molecule has 0 unspecified atom stereocenters. The van der Waals surface area contributed by atoms with E-state index in [0.717, 1.165) is 31.0 Å². The van der Waals surface area contributed by atoms with Crippen LogP contribution in [0.2, 0.25) is 0 Å². The Morgan fingerprint density at radius 3 is 2.65 bits per heavy atom. The third kappa shape index (κ3) is 3.95. The maximum Gasteiger partial charge on any atom is 0.131 e. The molecule has 1 saturated carbocycles. The van der Waals surface area contributed by atoms with Crippen LogP contribution in [-0.2, 0) is 6.42 Å². The Balaban J connectivity index is 1.43. The monoisotopic (exact) mass is 268 g/mol. The van der Waals surface area contributed by atoms with E-state index < -0.39 is 0 Å². The molecule has 1 aromatic heterocycles. The molecule has 20 heavy (non-hydrogen) atoms. The lowest BCUT2D eigenvalue weighted by molar-refractivity contribution is 0.858. The summed E-state index contributed by atoms with van der Waals surface area (Å²) in [5, 5.41) is 6.74. The quantitative estimate of drug-likeness (QED) is 0.758. The van der Waals surface area contributed by atoms with Gasteiger partial charge in [-0.1, -0.05) is 30.3 Å². The van der Waals surface area contributed by atoms with E-state index in [2.05, 4.69) is 50.9 Å². The Morgan fingerprint density at radius 1 is 1.05 bits per heavy atom. The van der Waals surface area contributed by atoms with Gasteiger partial charge >= 0.3 is 0 Å². The van der Waals surface area contributed by atoms with Crippen molar-refractivity contribution in [2.24, 2.45) is 0 Å². The van der Waals surface area contributed by atoms with Crippen molar-refractivity contribution < 1.29 is 0 Å². The second-order valence-electron chi connectivity index (χ2n) is 5.22. The number of benzene rings is 1. The first-order valence-corrected chi connectivity index (χ1v) is 7.26. The normalized spacial score (nSPS) is 14.0. The fourth-order valence-electron chi connectivity index (χ4n) is 2.12. The Kier molecular flexibility index (Phi) is 4.11. The first-order chi connectivity index (χ1) is 9.90. The van der Waals surface area contributed by atoms with Gasteiger partial charge in [-0.25, -0.2) is 9.97 Å². The summed E-state index contributed by atoms with van der Waals surface area (Å²) in [5.41, 5.74) is 1.38. The van der Waals surface area contributed by atoms with Gasteiger partial charge in [-0.15, -0.1) is 0 Å². The van der Waals surface area contributed by atoms with E-state index in [1.54, 1.807) is 6.33 Å². The molecular formula is C16H20N4. The summed E-state index contributed by atoms with van der Waals surface area (Å²) >= 11 is 0. The molecule has 1 aliphatic rings. The zero-order valence-corrected chi connectivity index (χ0v) is 11.5. The average Bonchev–Trinajstić information content (AvgIpc) is 3.29. The minimum absolute atomic E-state index is 0.621. The third-order valence-electron chi connectivity index (χ3n) is 3.39. The van der Waals surface area contributed by atoms with Crippen molar-refractivity contribution >= 4 is 11.6 Å². The molecule has 0 radical (unpaired) electrons. The number of anilines is 2. The number of nitrogens with zero attached hydrogens (tertiary/aromatic N) is 2. The van der Waals surface area contributed by atoms with Gasteiger partial charge in [-0.3, -0.25) is 0 Å². The number of hydrogen-bond acceptors (Lipinski definition) is 4. The van der Waals surface area contributed by atoms with E-state index in [4.69, 9.17) is 0 Å². The Labute approximate surface area is 119 Å². The summed E-state index contributed by atoms with van der Waals surface area (Å²) in [6.45, 7) is 0.925. The summed E-state index contributed by atoms with van der Waals surface area (Å²) in [6, 6.07) is 13.2. The second kappa shape index (κ2) is 6.37. The zero-order valence-electron chi connectivity index (χ0n) is 11.5. The van der Waals surface area contributed by atoms with Gasteiger partial charge in [0.05, 0.1) is 0 Å². The van der Waals surface area contributed by atoms with E-state index in [-0.39, 0.29) is 0 Å². The Morgan fingerprint density at radius 2 is 1.85 bits per heavy atom. The highest BCUT2D eigenvalue weighted by atomic mass is 15.1. The molecule has 4 heteroatoms. The summed E-state index contributed by atoms with van der Waals surface area (Å²) in [4.78, 5) is 8.48. The van der Waals surface area contributed by atoms with Crippen LogP contribution >= 0.6 is 0 Å². The first kappa shape index (κ1) is 12.9. The van der Waals surface area contributed by atoms with Gasteiger partial charge in [0, 0.05) is 18.7 Å². The molecule has 0 atom stereocenters. The number of aryl methyl sites for hydroxylation is 1. The molecule has 3 rings (SSSR count). The fraction of sp³-hybridized carbons (Fsp3) is 0.375. The van der Waals surface area contributed by atoms with Crippen LogP contribution in [0.3, 0.4) is 0 Å². The Hall–Kier alpha value is -2.10. The lowest BCUT2D eigenvalue weighted by Gasteiger charge is -2.08. The van der Waals surface area contributed by atoms with Gasteiger partial charge in [0.2, 0.25) is 0 Å². The van der Waals surface area contributed by atoms with Crippen LogP contribution in [0.5, 0.6) is 0 Å². The highest BCUT2D eigenvalue weighted by Gasteiger charge is 2.21. The van der Waals surface area contributed by atoms with Gasteiger partial charge in [-0.2, -0.15) is 0 Å². The maximum absolute atomic E-state index is 4.25. The van der Waals surface area contributed by atoms with Crippen molar-refractivity contribution in [1.82, 2.24) is 9.97 Å². The van der Waals surface area contributed by atoms with Crippen molar-refractivity contribution in [2.75, 3.05) is 17.2 Å². The van der Waals surface area contributed by atoms with Crippen molar-refractivity contribution in [3.05, 3.63) is 48.3 Å². The molecule has 0 saturated heterocycles. The third-order valence-corrected chi connectivity index (χ3v) is 3.39. The predicted molar refractivity (Wildman–Crippen MR) is 81.9 cm³/mol. The Bertz CT molecular complexity index is 537. The minimum Gasteiger partial charge on any atom is -0.370 e. The van der Waals surface area contributed by atoms with Crippen LogP contribution in [0.25, 0.3) is 0 Å². The predicted octanol–water partition coefficient (Wildman–Crippen LogP) is 3.10. The lowest BCUT2D eigenvalue weighted by atomic mass is 10.1. The molecule has 2 N–H and O–H groups in total. The molecule has 1 aromatic carbocycles. The first-order valence-electron chi connectivity index (χ1n) is 7.26. The van der Waals surface area contributed by atoms with E-state index >= 15 is 0 Å². The second-order valence-corrected chi connectivity index (χ2v) is 5.22. The van der Waals surface area contributed by atoms with Gasteiger partial charge in [0.1, 0.15) is 18.0 Å². The van der Waals surface area contributed by atoms with Crippen LogP contribution in [0.15, 0.2) is 42.7 Å². The molecule has 2 aromatic rings. The van der Waals surface area contributed by atoms with E-state index in [1.165, 1.54) is 18.4 Å². The molecule has 104 valence electrons. The van der Waals surface area contributed by atoms with E-state index in [9.17, 15) is 0 Å². The van der Waals surface area contributed by atoms with Crippen molar-refractivity contribution in [3.63, 3.8) is 0 Å². The van der Waals surface area contributed by atoms with Gasteiger partial charge < -0.3 is 10.6 Å². The number of rotatable bonds is 7. The topological polar surface area (TPSA) is 49.8 Å². The minimum atomic E-state index is 0.621. The van der Waals surface area contributed by atoms with Crippen LogP contribution in [0.1, 0.15) is 24.8 Å². The summed E-state index contributed by atoms with van der Waals surface area (Å²) in [5.74, 6) is 1.82. The SMILES string of the molecule is c1ccc(CCCNc2cc(NC3CC3)ncn2)cc1. The summed E-state index contributed by atoms with van der Waals surface area (Å²) < 4.78 is 0. The molecule has 1 heterocycles. The number of aromatic nitrogens is 2. The molecule has 4 nitrogen and oxygen atoms in total. The molecule has 0 bridgehead atoms. The molecule has 1 aliphatic carbocycles. The number of nitrogens with one attached hydrogen (secondary N) is 2. The smallest absolute Gasteiger partial charge is 0.131 e. The summed E-state index contributed by atoms with van der Waals surface area (Å²) in [6.07, 6.45) is 6.31. The largest absolute Gasteiger partial charge is 0.370 e. The fourth-order valence-corrected chi connectivity index (χ4v) is 2.12. The molecule has 1 fully saturated rings. The van der Waals surface area contributed by atoms with E-state index in [0.29, 0.717) is 6.04 Å². The summed E-state index contributed by atoms with van der Waals surface area (Å²) in [7, 11) is 0. The van der Waals surface area contributed by atoms with Crippen LogP contribution in [0, 0.1) is 0 Å². The molecular weight excluding hydrogens is 248 g/mol. The van der Waals surface area contributed by atoms with Gasteiger partial charge in [0.15, 0.2) is 0 Å². The molecule has 0 aliphatic heterocycles. The zero-order chi connectivity index (χ0) is 13.6. The van der Waals surface area contributed by atoms with Crippen molar-refractivity contribution in [3.8, 4) is 0 Å². The maximum atomic E-state index is 4.25. The highest BCUT2D eigenvalue weighted by molar-refractivity contribution is 5.47. The van der Waals surface area contributed by atoms with Crippen LogP contribution in [0.4, 0.5) is 11.6 Å². The van der Waals surface area contributed by atoms with Crippen LogP contribution in [-0.4, -0.2) is 22.6 Å². The number of hydrogen-bond donors (Lipinski definition) is 2. The molecule has 0 spiro atoms.